The summed E-state index contributed by atoms with van der Waals surface area (Å²) in [5.74, 6) is 2.27. The van der Waals surface area contributed by atoms with Crippen LogP contribution in [-0.4, -0.2) is 12.0 Å². The normalized spacial score (nSPS) is 8.62. The van der Waals surface area contributed by atoms with E-state index in [-0.39, 0.29) is 0 Å². The average Bonchev–Trinajstić information content (AvgIpc) is 1.77. The molecule has 1 heterocycles. The van der Waals surface area contributed by atoms with E-state index >= 15 is 0 Å². The Labute approximate surface area is 49.2 Å². The van der Waals surface area contributed by atoms with E-state index < -0.39 is 0 Å². The minimum atomic E-state index is 0.368. The third-order valence-electron chi connectivity index (χ3n) is 1.12. The molecule has 1 rings (SSSR count). The molecular formula is C6H7BO. The molecule has 1 aromatic rings. The Bertz CT molecular complexity index is 165. The van der Waals surface area contributed by atoms with E-state index in [9.17, 15) is 0 Å². The minimum absolute atomic E-state index is 0.368. The Hall–Kier alpha value is -0.785. The van der Waals surface area contributed by atoms with Crippen molar-refractivity contribution in [3.63, 3.8) is 0 Å². The first-order valence-corrected chi connectivity index (χ1v) is 2.55. The van der Waals surface area contributed by atoms with Gasteiger partial charge in [0.2, 0.25) is 0 Å². The zero-order valence-electron chi connectivity index (χ0n) is 4.76. The van der Waals surface area contributed by atoms with Crippen molar-refractivity contribution in [3.8, 4) is 5.75 Å². The SMILES string of the molecule is Cc1bcccc1O. The fraction of sp³-hybridized carbons (Fsp3) is 0.167. The van der Waals surface area contributed by atoms with Gasteiger partial charge in [0.15, 0.2) is 0 Å². The molecule has 0 amide bonds. The van der Waals surface area contributed by atoms with Crippen LogP contribution in [0, 0.1) is 6.92 Å². The van der Waals surface area contributed by atoms with Crippen LogP contribution in [0.2, 0.25) is 0 Å². The van der Waals surface area contributed by atoms with Crippen molar-refractivity contribution in [1.82, 2.24) is 0 Å². The number of rotatable bonds is 0. The van der Waals surface area contributed by atoms with Gasteiger partial charge in [-0.1, -0.05) is 0 Å². The van der Waals surface area contributed by atoms with Gasteiger partial charge in [0.05, 0.1) is 0 Å². The van der Waals surface area contributed by atoms with Crippen molar-refractivity contribution in [2.75, 3.05) is 0 Å². The summed E-state index contributed by atoms with van der Waals surface area (Å²) in [5, 5.41) is 8.92. The second-order valence-corrected chi connectivity index (χ2v) is 1.79. The number of hydrogen-bond acceptors (Lipinski definition) is 1. The zero-order valence-corrected chi connectivity index (χ0v) is 4.76. The summed E-state index contributed by atoms with van der Waals surface area (Å²) in [7, 11) is 0. The van der Waals surface area contributed by atoms with Crippen LogP contribution in [0.1, 0.15) is 5.46 Å². The summed E-state index contributed by atoms with van der Waals surface area (Å²) in [6.07, 6.45) is 0. The summed E-state index contributed by atoms with van der Waals surface area (Å²) in [4.78, 5) is 0. The molecule has 0 saturated carbocycles. The van der Waals surface area contributed by atoms with E-state index in [1.165, 1.54) is 0 Å². The van der Waals surface area contributed by atoms with Crippen molar-refractivity contribution < 1.29 is 5.11 Å². The molecule has 0 fully saturated rings. The molecule has 0 aliphatic carbocycles. The third-order valence-corrected chi connectivity index (χ3v) is 1.12. The van der Waals surface area contributed by atoms with Gasteiger partial charge in [-0.3, -0.25) is 0 Å². The summed E-state index contributed by atoms with van der Waals surface area (Å²) in [6, 6.07) is 3.48. The molecular weight excluding hydrogens is 98.9 g/mol. The van der Waals surface area contributed by atoms with Crippen molar-refractivity contribution >= 4 is 6.91 Å². The molecule has 8 heavy (non-hydrogen) atoms. The summed E-state index contributed by atoms with van der Waals surface area (Å²) in [6.45, 7) is 3.74. The molecule has 40 valence electrons. The molecule has 0 spiro atoms. The van der Waals surface area contributed by atoms with Crippen LogP contribution in [0.3, 0.4) is 0 Å². The maximum atomic E-state index is 8.92. The summed E-state index contributed by atoms with van der Waals surface area (Å²) in [5.41, 5.74) is 0.924. The molecule has 1 nitrogen and oxygen atoms in total. The Morgan fingerprint density at radius 3 is 2.75 bits per heavy atom. The molecule has 2 heteroatoms. The first-order chi connectivity index (χ1) is 3.80. The quantitative estimate of drug-likeness (QED) is 0.523. The Balaban J connectivity index is 3.13. The van der Waals surface area contributed by atoms with Crippen LogP contribution in [0.25, 0.3) is 0 Å². The summed E-state index contributed by atoms with van der Waals surface area (Å²) < 4.78 is 0. The molecule has 0 aromatic carbocycles. The maximum absolute atomic E-state index is 8.92. The molecule has 0 bridgehead atoms. The van der Waals surface area contributed by atoms with Crippen LogP contribution in [0.4, 0.5) is 0 Å². The Morgan fingerprint density at radius 1 is 1.62 bits per heavy atom. The second kappa shape index (κ2) is 1.99. The van der Waals surface area contributed by atoms with E-state index in [0.717, 1.165) is 5.46 Å². The molecule has 0 radical (unpaired) electrons. The van der Waals surface area contributed by atoms with Gasteiger partial charge in [-0.25, -0.2) is 0 Å². The van der Waals surface area contributed by atoms with Gasteiger partial charge < -0.3 is 0 Å². The first-order valence-electron chi connectivity index (χ1n) is 2.55. The second-order valence-electron chi connectivity index (χ2n) is 1.79. The van der Waals surface area contributed by atoms with Crippen molar-refractivity contribution in [3.05, 3.63) is 23.6 Å². The fourth-order valence-electron chi connectivity index (χ4n) is 0.563. The number of hydrogen-bond donors (Lipinski definition) is 1. The van der Waals surface area contributed by atoms with Crippen LogP contribution in [0.5, 0.6) is 5.75 Å². The molecule has 0 saturated heterocycles. The van der Waals surface area contributed by atoms with Crippen molar-refractivity contribution in [1.29, 1.82) is 0 Å². The van der Waals surface area contributed by atoms with Crippen molar-refractivity contribution in [2.24, 2.45) is 0 Å². The van der Waals surface area contributed by atoms with E-state index in [1.54, 1.807) is 6.07 Å². The monoisotopic (exact) mass is 106 g/mol. The van der Waals surface area contributed by atoms with Gasteiger partial charge in [0.1, 0.15) is 0 Å². The standard InChI is InChI=1S/C6H7BO/c1-5-6(8)3-2-4-7-5/h2-4,8H,1H3. The molecule has 1 aromatic heterocycles. The van der Waals surface area contributed by atoms with Crippen molar-refractivity contribution in [2.45, 2.75) is 6.92 Å². The summed E-state index contributed by atoms with van der Waals surface area (Å²) >= 11 is 0. The predicted molar refractivity (Wildman–Crippen MR) is 34.2 cm³/mol. The predicted octanol–water partition coefficient (Wildman–Crippen LogP) is 1.04. The Kier molecular flexibility index (Phi) is 1.33. The van der Waals surface area contributed by atoms with Gasteiger partial charge in [0, 0.05) is 0 Å². The van der Waals surface area contributed by atoms with Gasteiger partial charge >= 0.3 is 48.2 Å². The van der Waals surface area contributed by atoms with E-state index in [4.69, 9.17) is 5.11 Å². The zero-order chi connectivity index (χ0) is 5.98. The van der Waals surface area contributed by atoms with Crippen LogP contribution < -0.4 is 0 Å². The van der Waals surface area contributed by atoms with E-state index in [2.05, 4.69) is 0 Å². The molecule has 0 unspecified atom stereocenters. The molecule has 0 aliphatic rings. The topological polar surface area (TPSA) is 20.2 Å². The van der Waals surface area contributed by atoms with Gasteiger partial charge in [-0.15, -0.1) is 0 Å². The van der Waals surface area contributed by atoms with E-state index in [0.29, 0.717) is 5.75 Å². The average molecular weight is 106 g/mol. The number of aryl methyl sites for hydroxylation is 1. The molecule has 1 N–H and O–H groups in total. The molecule has 0 aliphatic heterocycles. The van der Waals surface area contributed by atoms with Gasteiger partial charge in [-0.2, -0.15) is 0 Å². The van der Waals surface area contributed by atoms with Gasteiger partial charge in [-0.05, 0) is 0 Å². The van der Waals surface area contributed by atoms with Crippen LogP contribution >= 0.6 is 0 Å². The van der Waals surface area contributed by atoms with Crippen LogP contribution in [0.15, 0.2) is 18.1 Å². The number of aromatic hydroxyl groups is 1. The Morgan fingerprint density at radius 2 is 2.38 bits per heavy atom. The van der Waals surface area contributed by atoms with E-state index in [1.807, 2.05) is 25.9 Å². The van der Waals surface area contributed by atoms with Gasteiger partial charge in [0.25, 0.3) is 0 Å². The van der Waals surface area contributed by atoms with Crippen LogP contribution in [-0.2, 0) is 0 Å². The molecule has 0 atom stereocenters. The fourth-order valence-corrected chi connectivity index (χ4v) is 0.563. The first kappa shape index (κ1) is 5.35. The third kappa shape index (κ3) is 0.888.